The zero-order valence-electron chi connectivity index (χ0n) is 13.6. The molecule has 2 amide bonds. The lowest BCUT2D eigenvalue weighted by Crippen LogP contribution is -2.42. The van der Waals surface area contributed by atoms with Crippen molar-refractivity contribution in [1.29, 1.82) is 0 Å². The topological polar surface area (TPSA) is 95.7 Å². The number of aromatic nitrogens is 1. The Morgan fingerprint density at radius 3 is 2.87 bits per heavy atom. The van der Waals surface area contributed by atoms with E-state index in [1.54, 1.807) is 4.90 Å². The molecule has 0 spiro atoms. The number of carboxylic acid groups (broad SMARTS) is 1. The normalized spacial score (nSPS) is 26.3. The second-order valence-corrected chi connectivity index (χ2v) is 6.72. The molecule has 3 rings (SSSR count). The molecular weight excluding hydrogens is 298 g/mol. The van der Waals surface area contributed by atoms with Crippen LogP contribution >= 0.6 is 0 Å². The van der Waals surface area contributed by atoms with Gasteiger partial charge in [0.15, 0.2) is 0 Å². The van der Waals surface area contributed by atoms with E-state index in [1.807, 2.05) is 13.8 Å². The first-order valence-corrected chi connectivity index (χ1v) is 8.12. The van der Waals surface area contributed by atoms with Crippen LogP contribution in [0.25, 0.3) is 0 Å². The summed E-state index contributed by atoms with van der Waals surface area (Å²) in [7, 11) is 0. The molecule has 0 radical (unpaired) electrons. The second-order valence-electron chi connectivity index (χ2n) is 6.72. The maximum absolute atomic E-state index is 12.3. The van der Waals surface area contributed by atoms with E-state index in [9.17, 15) is 14.7 Å². The number of carbonyl (C=O) groups is 2. The molecule has 1 saturated carbocycles. The van der Waals surface area contributed by atoms with Gasteiger partial charge in [-0.1, -0.05) is 11.6 Å². The molecule has 1 aromatic rings. The Balaban J connectivity index is 1.55. The number of fused-ring (bicyclic) bond motifs is 1. The number of carbonyl (C=O) groups excluding carboxylic acids is 1. The largest absolute Gasteiger partial charge is 0.481 e. The molecule has 0 unspecified atom stereocenters. The van der Waals surface area contributed by atoms with E-state index < -0.39 is 11.4 Å². The number of aryl methyl sites for hydroxylation is 2. The van der Waals surface area contributed by atoms with Crippen LogP contribution in [0.3, 0.4) is 0 Å². The Morgan fingerprint density at radius 2 is 2.26 bits per heavy atom. The van der Waals surface area contributed by atoms with Gasteiger partial charge >= 0.3 is 12.0 Å². The molecule has 1 aliphatic carbocycles. The van der Waals surface area contributed by atoms with Gasteiger partial charge in [0.05, 0.1) is 11.1 Å². The summed E-state index contributed by atoms with van der Waals surface area (Å²) in [6.07, 6.45) is 3.18. The molecule has 1 saturated heterocycles. The highest BCUT2D eigenvalue weighted by atomic mass is 16.5. The van der Waals surface area contributed by atoms with E-state index in [1.165, 1.54) is 0 Å². The number of nitrogens with zero attached hydrogens (tertiary/aromatic N) is 2. The van der Waals surface area contributed by atoms with Crippen molar-refractivity contribution >= 4 is 12.0 Å². The van der Waals surface area contributed by atoms with Gasteiger partial charge < -0.3 is 19.8 Å². The van der Waals surface area contributed by atoms with E-state index in [0.717, 1.165) is 29.9 Å². The van der Waals surface area contributed by atoms with E-state index in [0.29, 0.717) is 32.5 Å². The van der Waals surface area contributed by atoms with Gasteiger partial charge in [-0.05, 0) is 39.0 Å². The first-order chi connectivity index (χ1) is 10.9. The fourth-order valence-corrected chi connectivity index (χ4v) is 4.06. The summed E-state index contributed by atoms with van der Waals surface area (Å²) >= 11 is 0. The summed E-state index contributed by atoms with van der Waals surface area (Å²) in [6, 6.07) is -0.174. The van der Waals surface area contributed by atoms with Gasteiger partial charge in [0.2, 0.25) is 0 Å². The highest BCUT2D eigenvalue weighted by Crippen LogP contribution is 2.48. The molecule has 1 aromatic heterocycles. The van der Waals surface area contributed by atoms with E-state index in [2.05, 4.69) is 10.5 Å². The number of urea groups is 1. The van der Waals surface area contributed by atoms with E-state index in [4.69, 9.17) is 4.52 Å². The van der Waals surface area contributed by atoms with E-state index in [-0.39, 0.29) is 11.9 Å². The molecule has 7 heteroatoms. The average Bonchev–Trinajstić information content (AvgIpc) is 3.14. The van der Waals surface area contributed by atoms with Crippen molar-refractivity contribution in [1.82, 2.24) is 15.4 Å². The predicted octanol–water partition coefficient (Wildman–Crippen LogP) is 1.73. The quantitative estimate of drug-likeness (QED) is 0.880. The maximum Gasteiger partial charge on any atom is 0.317 e. The first-order valence-electron chi connectivity index (χ1n) is 8.12. The molecule has 0 aromatic carbocycles. The van der Waals surface area contributed by atoms with Gasteiger partial charge in [-0.3, -0.25) is 4.79 Å². The Bertz CT molecular complexity index is 607. The van der Waals surface area contributed by atoms with Crippen LogP contribution in [-0.4, -0.2) is 46.8 Å². The molecule has 2 N–H and O–H groups in total. The molecule has 126 valence electrons. The Hall–Kier alpha value is -2.05. The van der Waals surface area contributed by atoms with Crippen LogP contribution in [0.5, 0.6) is 0 Å². The number of rotatable bonds is 4. The van der Waals surface area contributed by atoms with Gasteiger partial charge in [0.25, 0.3) is 0 Å². The molecule has 7 nitrogen and oxygen atoms in total. The summed E-state index contributed by atoms with van der Waals surface area (Å²) < 4.78 is 5.10. The number of likely N-dealkylation sites (tertiary alicyclic amines) is 1. The van der Waals surface area contributed by atoms with Crippen molar-refractivity contribution in [3.05, 3.63) is 17.0 Å². The summed E-state index contributed by atoms with van der Waals surface area (Å²) in [5.74, 6) is 0.108. The Kier molecular flexibility index (Phi) is 4.04. The van der Waals surface area contributed by atoms with Crippen molar-refractivity contribution in [2.24, 2.45) is 11.3 Å². The third-order valence-corrected chi connectivity index (χ3v) is 5.42. The Morgan fingerprint density at radius 1 is 1.48 bits per heavy atom. The van der Waals surface area contributed by atoms with Gasteiger partial charge in [-0.25, -0.2) is 4.79 Å². The minimum atomic E-state index is -0.758. The fourth-order valence-electron chi connectivity index (χ4n) is 4.06. The zero-order valence-corrected chi connectivity index (χ0v) is 13.6. The third-order valence-electron chi connectivity index (χ3n) is 5.42. The maximum atomic E-state index is 12.3. The van der Waals surface area contributed by atoms with Crippen molar-refractivity contribution in [2.45, 2.75) is 39.5 Å². The van der Waals surface area contributed by atoms with Crippen molar-refractivity contribution in [3.63, 3.8) is 0 Å². The van der Waals surface area contributed by atoms with Crippen LogP contribution in [-0.2, 0) is 11.2 Å². The van der Waals surface area contributed by atoms with Crippen molar-refractivity contribution in [2.75, 3.05) is 19.6 Å². The Labute approximate surface area is 135 Å². The minimum absolute atomic E-state index is 0.0910. The molecule has 0 bridgehead atoms. The molecule has 2 atom stereocenters. The number of hydrogen-bond acceptors (Lipinski definition) is 4. The third kappa shape index (κ3) is 2.68. The predicted molar refractivity (Wildman–Crippen MR) is 82.1 cm³/mol. The number of carboxylic acids is 1. The van der Waals surface area contributed by atoms with Crippen molar-refractivity contribution < 1.29 is 19.2 Å². The SMILES string of the molecule is Cc1noc(C)c1CCNC(=O)N1C[C@@H]2CCC[C@@]2(C(=O)O)C1. The summed E-state index contributed by atoms with van der Waals surface area (Å²) in [4.78, 5) is 25.6. The van der Waals surface area contributed by atoms with Crippen LogP contribution in [0.15, 0.2) is 4.52 Å². The van der Waals surface area contributed by atoms with Gasteiger partial charge in [-0.2, -0.15) is 0 Å². The van der Waals surface area contributed by atoms with Crippen LogP contribution in [0, 0.1) is 25.2 Å². The second kappa shape index (κ2) is 5.86. The summed E-state index contributed by atoms with van der Waals surface area (Å²) in [5, 5.41) is 16.3. The number of aliphatic carboxylic acids is 1. The monoisotopic (exact) mass is 321 g/mol. The molecule has 23 heavy (non-hydrogen) atoms. The number of amides is 2. The lowest BCUT2D eigenvalue weighted by Gasteiger charge is -2.23. The van der Waals surface area contributed by atoms with E-state index >= 15 is 0 Å². The number of hydrogen-bond donors (Lipinski definition) is 2. The van der Waals surface area contributed by atoms with Gasteiger partial charge in [-0.15, -0.1) is 0 Å². The lowest BCUT2D eigenvalue weighted by atomic mass is 9.81. The molecule has 2 fully saturated rings. The van der Waals surface area contributed by atoms with Crippen LogP contribution in [0.1, 0.15) is 36.3 Å². The van der Waals surface area contributed by atoms with Crippen LogP contribution in [0.4, 0.5) is 4.79 Å². The standard InChI is InChI=1S/C16H23N3O4/c1-10-13(11(2)23-18-10)5-7-17-15(22)19-8-12-4-3-6-16(12,9-19)14(20)21/h12H,3-9H2,1-2H3,(H,17,22)(H,20,21)/t12-,16+/m0/s1. The lowest BCUT2D eigenvalue weighted by molar-refractivity contribution is -0.149. The van der Waals surface area contributed by atoms with Crippen molar-refractivity contribution in [3.8, 4) is 0 Å². The molecule has 2 aliphatic rings. The molecule has 1 aliphatic heterocycles. The van der Waals surface area contributed by atoms with Gasteiger partial charge in [0, 0.05) is 25.2 Å². The highest BCUT2D eigenvalue weighted by molar-refractivity contribution is 5.80. The zero-order chi connectivity index (χ0) is 16.6. The minimum Gasteiger partial charge on any atom is -0.481 e. The highest BCUT2D eigenvalue weighted by Gasteiger charge is 2.55. The number of nitrogens with one attached hydrogen (secondary N) is 1. The average molecular weight is 321 g/mol. The van der Waals surface area contributed by atoms with Crippen LogP contribution < -0.4 is 5.32 Å². The molecular formula is C16H23N3O4. The van der Waals surface area contributed by atoms with Gasteiger partial charge in [0.1, 0.15) is 5.76 Å². The first kappa shape index (κ1) is 15.8. The molecule has 2 heterocycles. The smallest absolute Gasteiger partial charge is 0.317 e. The fraction of sp³-hybridized carbons (Fsp3) is 0.688. The summed E-state index contributed by atoms with van der Waals surface area (Å²) in [6.45, 7) is 5.10. The summed E-state index contributed by atoms with van der Waals surface area (Å²) in [5.41, 5.74) is 1.14. The van der Waals surface area contributed by atoms with Crippen LogP contribution in [0.2, 0.25) is 0 Å².